The van der Waals surface area contributed by atoms with Crippen LogP contribution in [0.3, 0.4) is 0 Å². The molecule has 3 aromatic rings. The number of benzene rings is 1. The van der Waals surface area contributed by atoms with Gasteiger partial charge in [-0.2, -0.15) is 0 Å². The van der Waals surface area contributed by atoms with Crippen LogP contribution in [0.5, 0.6) is 0 Å². The minimum Gasteiger partial charge on any atom is -0.464 e. The molecule has 0 unspecified atom stereocenters. The second kappa shape index (κ2) is 6.56. The lowest BCUT2D eigenvalue weighted by Gasteiger charge is -2.31. The van der Waals surface area contributed by atoms with Gasteiger partial charge >= 0.3 is 0 Å². The van der Waals surface area contributed by atoms with Gasteiger partial charge in [-0.05, 0) is 37.5 Å². The van der Waals surface area contributed by atoms with Crippen molar-refractivity contribution in [2.45, 2.75) is 32.1 Å². The molecule has 1 saturated heterocycles. The molecule has 1 aromatic carbocycles. The normalized spacial score (nSPS) is 15.8. The van der Waals surface area contributed by atoms with Gasteiger partial charge in [0, 0.05) is 47.4 Å². The number of nitrogens with one attached hydrogen (secondary N) is 1. The highest BCUT2D eigenvalue weighted by Crippen LogP contribution is 2.29. The van der Waals surface area contributed by atoms with Crippen molar-refractivity contribution < 1.29 is 9.21 Å². The van der Waals surface area contributed by atoms with E-state index in [4.69, 9.17) is 16.0 Å². The van der Waals surface area contributed by atoms with Gasteiger partial charge in [0.1, 0.15) is 11.4 Å². The van der Waals surface area contributed by atoms with Gasteiger partial charge in [-0.1, -0.05) is 11.6 Å². The minimum atomic E-state index is 0.136. The topological polar surface area (TPSA) is 62.1 Å². The molecule has 25 heavy (non-hydrogen) atoms. The third kappa shape index (κ3) is 3.16. The molecule has 0 radical (unpaired) electrons. The third-order valence-electron chi connectivity index (χ3n) is 5.03. The van der Waals surface area contributed by atoms with Crippen molar-refractivity contribution in [1.82, 2.24) is 14.9 Å². The van der Waals surface area contributed by atoms with Gasteiger partial charge < -0.3 is 14.3 Å². The number of fused-ring (bicyclic) bond motifs is 1. The Morgan fingerprint density at radius 1 is 1.40 bits per heavy atom. The molecule has 0 atom stereocenters. The molecule has 0 saturated carbocycles. The highest BCUT2D eigenvalue weighted by atomic mass is 35.5. The van der Waals surface area contributed by atoms with E-state index in [9.17, 15) is 4.79 Å². The Morgan fingerprint density at radius 3 is 2.92 bits per heavy atom. The molecule has 3 heterocycles. The van der Waals surface area contributed by atoms with Crippen LogP contribution < -0.4 is 0 Å². The molecule has 1 amide bonds. The highest BCUT2D eigenvalue weighted by Gasteiger charge is 2.25. The summed E-state index contributed by atoms with van der Waals surface area (Å²) >= 11 is 6.22. The monoisotopic (exact) mass is 357 g/mol. The SMILES string of the molecule is Cc1cc2occ(CC(=O)N3CCC(c4ncc[nH]4)CC3)c2cc1Cl. The van der Waals surface area contributed by atoms with Crippen LogP contribution in [0.25, 0.3) is 11.0 Å². The summed E-state index contributed by atoms with van der Waals surface area (Å²) in [6.45, 7) is 3.47. The van der Waals surface area contributed by atoms with Crippen LogP contribution in [-0.4, -0.2) is 33.9 Å². The molecule has 1 fully saturated rings. The Bertz CT molecular complexity index is 893. The highest BCUT2D eigenvalue weighted by molar-refractivity contribution is 6.32. The zero-order valence-corrected chi connectivity index (χ0v) is 14.8. The van der Waals surface area contributed by atoms with Crippen molar-refractivity contribution in [3.05, 3.63) is 52.8 Å². The van der Waals surface area contributed by atoms with Crippen molar-refractivity contribution in [3.8, 4) is 0 Å². The van der Waals surface area contributed by atoms with Crippen LogP contribution in [0.2, 0.25) is 5.02 Å². The fraction of sp³-hybridized carbons (Fsp3) is 0.368. The largest absolute Gasteiger partial charge is 0.464 e. The molecule has 1 N–H and O–H groups in total. The second-order valence-corrected chi connectivity index (χ2v) is 7.07. The number of hydrogen-bond donors (Lipinski definition) is 1. The molecule has 2 aromatic heterocycles. The number of H-pyrrole nitrogens is 1. The number of hydrogen-bond acceptors (Lipinski definition) is 3. The zero-order valence-electron chi connectivity index (χ0n) is 14.1. The van der Waals surface area contributed by atoms with Crippen LogP contribution in [0.15, 0.2) is 35.2 Å². The summed E-state index contributed by atoms with van der Waals surface area (Å²) in [5, 5.41) is 1.62. The first-order valence-corrected chi connectivity index (χ1v) is 8.93. The van der Waals surface area contributed by atoms with Gasteiger partial charge in [0.15, 0.2) is 0 Å². The van der Waals surface area contributed by atoms with E-state index in [0.29, 0.717) is 17.4 Å². The fourth-order valence-corrected chi connectivity index (χ4v) is 3.68. The van der Waals surface area contributed by atoms with Gasteiger partial charge in [-0.25, -0.2) is 4.98 Å². The molecule has 1 aliphatic rings. The molecule has 6 heteroatoms. The van der Waals surface area contributed by atoms with Crippen molar-refractivity contribution in [1.29, 1.82) is 0 Å². The smallest absolute Gasteiger partial charge is 0.227 e. The lowest BCUT2D eigenvalue weighted by atomic mass is 9.95. The minimum absolute atomic E-state index is 0.136. The summed E-state index contributed by atoms with van der Waals surface area (Å²) in [7, 11) is 0. The molecule has 0 bridgehead atoms. The summed E-state index contributed by atoms with van der Waals surface area (Å²) in [5.41, 5.74) is 2.65. The molecular weight excluding hydrogens is 338 g/mol. The fourth-order valence-electron chi connectivity index (χ4n) is 3.52. The number of rotatable bonds is 3. The Morgan fingerprint density at radius 2 is 2.20 bits per heavy atom. The van der Waals surface area contributed by atoms with Gasteiger partial charge in [-0.3, -0.25) is 4.79 Å². The molecular formula is C19H20ClN3O2. The number of nitrogens with zero attached hydrogens (tertiary/aromatic N) is 2. The van der Waals surface area contributed by atoms with Gasteiger partial charge in [-0.15, -0.1) is 0 Å². The zero-order chi connectivity index (χ0) is 17.4. The summed E-state index contributed by atoms with van der Waals surface area (Å²) in [6, 6.07) is 3.81. The number of piperidine rings is 1. The van der Waals surface area contributed by atoms with E-state index in [2.05, 4.69) is 9.97 Å². The number of likely N-dealkylation sites (tertiary alicyclic amines) is 1. The maximum atomic E-state index is 12.7. The molecule has 1 aliphatic heterocycles. The number of carbonyl (C=O) groups excluding carboxylic acids is 1. The van der Waals surface area contributed by atoms with Crippen LogP contribution >= 0.6 is 11.6 Å². The number of imidazole rings is 1. The van der Waals surface area contributed by atoms with E-state index in [-0.39, 0.29) is 5.91 Å². The number of aryl methyl sites for hydroxylation is 1. The molecule has 130 valence electrons. The summed E-state index contributed by atoms with van der Waals surface area (Å²) in [6.07, 6.45) is 7.53. The van der Waals surface area contributed by atoms with Crippen molar-refractivity contribution in [2.24, 2.45) is 0 Å². The maximum absolute atomic E-state index is 12.7. The van der Waals surface area contributed by atoms with Crippen LogP contribution in [-0.2, 0) is 11.2 Å². The summed E-state index contributed by atoms with van der Waals surface area (Å²) in [5.74, 6) is 1.57. The quantitative estimate of drug-likeness (QED) is 0.768. The number of carbonyl (C=O) groups is 1. The average Bonchev–Trinajstić information content (AvgIpc) is 3.27. The van der Waals surface area contributed by atoms with E-state index >= 15 is 0 Å². The Labute approximate surface area is 151 Å². The van der Waals surface area contributed by atoms with E-state index in [0.717, 1.165) is 53.9 Å². The molecule has 0 spiro atoms. The van der Waals surface area contributed by atoms with Gasteiger partial charge in [0.05, 0.1) is 12.7 Å². The summed E-state index contributed by atoms with van der Waals surface area (Å²) < 4.78 is 5.60. The number of halogens is 1. The number of amides is 1. The van der Waals surface area contributed by atoms with E-state index in [1.807, 2.05) is 30.2 Å². The second-order valence-electron chi connectivity index (χ2n) is 6.66. The van der Waals surface area contributed by atoms with Gasteiger partial charge in [0.2, 0.25) is 5.91 Å². The molecule has 0 aliphatic carbocycles. The lowest BCUT2D eigenvalue weighted by Crippen LogP contribution is -2.38. The van der Waals surface area contributed by atoms with Crippen LogP contribution in [0, 0.1) is 6.92 Å². The Hall–Kier alpha value is -2.27. The lowest BCUT2D eigenvalue weighted by molar-refractivity contribution is -0.131. The average molecular weight is 358 g/mol. The van der Waals surface area contributed by atoms with Crippen molar-refractivity contribution in [3.63, 3.8) is 0 Å². The van der Waals surface area contributed by atoms with Crippen LogP contribution in [0.1, 0.15) is 35.7 Å². The predicted octanol–water partition coefficient (Wildman–Crippen LogP) is 4.07. The number of aromatic nitrogens is 2. The van der Waals surface area contributed by atoms with E-state index in [1.54, 1.807) is 12.5 Å². The third-order valence-corrected chi connectivity index (χ3v) is 5.44. The van der Waals surface area contributed by atoms with Crippen molar-refractivity contribution in [2.75, 3.05) is 13.1 Å². The standard InChI is InChI=1S/C19H20ClN3O2/c1-12-8-17-15(10-16(12)20)14(11-25-17)9-18(24)23-6-2-13(3-7-23)19-21-4-5-22-19/h4-5,8,10-11,13H,2-3,6-7,9H2,1H3,(H,21,22). The molecule has 4 rings (SSSR count). The first-order valence-electron chi connectivity index (χ1n) is 8.55. The predicted molar refractivity (Wildman–Crippen MR) is 96.8 cm³/mol. The Kier molecular flexibility index (Phi) is 4.25. The molecule has 5 nitrogen and oxygen atoms in total. The first kappa shape index (κ1) is 16.2. The maximum Gasteiger partial charge on any atom is 0.227 e. The van der Waals surface area contributed by atoms with Gasteiger partial charge in [0.25, 0.3) is 0 Å². The summed E-state index contributed by atoms with van der Waals surface area (Å²) in [4.78, 5) is 22.1. The van der Waals surface area contributed by atoms with E-state index < -0.39 is 0 Å². The van der Waals surface area contributed by atoms with Crippen molar-refractivity contribution >= 4 is 28.5 Å². The first-order chi connectivity index (χ1) is 12.1. The van der Waals surface area contributed by atoms with Crippen LogP contribution in [0.4, 0.5) is 0 Å². The number of furan rings is 1. The Balaban J connectivity index is 1.44. The van der Waals surface area contributed by atoms with E-state index in [1.165, 1.54) is 0 Å². The number of aromatic amines is 1.